The molecule has 1 heterocycles. The molecule has 0 aliphatic carbocycles. The molecule has 0 aromatic heterocycles. The second-order valence-corrected chi connectivity index (χ2v) is 6.26. The van der Waals surface area contributed by atoms with E-state index in [1.807, 2.05) is 24.3 Å². The summed E-state index contributed by atoms with van der Waals surface area (Å²) in [6.45, 7) is 1.89. The second kappa shape index (κ2) is 9.67. The molecular formula is C20H23ClF2N2O2. The van der Waals surface area contributed by atoms with Crippen LogP contribution in [-0.4, -0.2) is 37.6 Å². The van der Waals surface area contributed by atoms with E-state index in [2.05, 4.69) is 5.32 Å². The lowest BCUT2D eigenvalue weighted by Gasteiger charge is -2.37. The van der Waals surface area contributed by atoms with Gasteiger partial charge in [0.25, 0.3) is 0 Å². The first-order chi connectivity index (χ1) is 12.6. The molecule has 1 atom stereocenters. The van der Waals surface area contributed by atoms with Crippen molar-refractivity contribution in [1.29, 1.82) is 0 Å². The molecule has 1 fully saturated rings. The van der Waals surface area contributed by atoms with Gasteiger partial charge in [-0.3, -0.25) is 4.79 Å². The smallest absolute Gasteiger partial charge is 0.223 e. The van der Waals surface area contributed by atoms with Gasteiger partial charge in [0.2, 0.25) is 5.91 Å². The fourth-order valence-corrected chi connectivity index (χ4v) is 3.35. The highest BCUT2D eigenvalue weighted by atomic mass is 35.5. The minimum absolute atomic E-state index is 0. The normalized spacial score (nSPS) is 16.6. The molecule has 7 heteroatoms. The third kappa shape index (κ3) is 4.76. The van der Waals surface area contributed by atoms with Crippen LogP contribution in [0.15, 0.2) is 42.5 Å². The standard InChI is InChI=1S/C20H22F2N2O2.ClH/c1-26-18-8-3-2-6-15(18)17-13-23-11-12-24(17)19(25)10-9-14-5-4-7-16(21)20(14)22;/h2-8,17,23H,9-13H2,1H3;1H. The Labute approximate surface area is 163 Å². The zero-order valence-electron chi connectivity index (χ0n) is 15.1. The highest BCUT2D eigenvalue weighted by Gasteiger charge is 2.29. The molecule has 0 radical (unpaired) electrons. The van der Waals surface area contributed by atoms with E-state index in [9.17, 15) is 13.6 Å². The summed E-state index contributed by atoms with van der Waals surface area (Å²) < 4.78 is 32.6. The Bertz CT molecular complexity index is 788. The van der Waals surface area contributed by atoms with Gasteiger partial charge >= 0.3 is 0 Å². The summed E-state index contributed by atoms with van der Waals surface area (Å²) >= 11 is 0. The number of nitrogens with zero attached hydrogens (tertiary/aromatic N) is 1. The SMILES string of the molecule is COc1ccccc1C1CNCCN1C(=O)CCc1cccc(F)c1F.Cl. The largest absolute Gasteiger partial charge is 0.496 e. The lowest BCUT2D eigenvalue weighted by atomic mass is 10.0. The number of nitrogens with one attached hydrogen (secondary N) is 1. The Morgan fingerprint density at radius 2 is 2.00 bits per heavy atom. The third-order valence-electron chi connectivity index (χ3n) is 4.70. The Balaban J connectivity index is 0.00000261. The molecule has 0 spiro atoms. The van der Waals surface area contributed by atoms with E-state index in [1.165, 1.54) is 12.1 Å². The summed E-state index contributed by atoms with van der Waals surface area (Å²) in [7, 11) is 1.61. The first kappa shape index (κ1) is 21.1. The molecule has 1 aliphatic heterocycles. The van der Waals surface area contributed by atoms with Gasteiger partial charge in [-0.15, -0.1) is 12.4 Å². The summed E-state index contributed by atoms with van der Waals surface area (Å²) in [5, 5.41) is 3.30. The number of piperazine rings is 1. The molecule has 2 aromatic carbocycles. The number of carbonyl (C=O) groups is 1. The maximum atomic E-state index is 13.8. The number of hydrogen-bond donors (Lipinski definition) is 1. The lowest BCUT2D eigenvalue weighted by Crippen LogP contribution is -2.48. The summed E-state index contributed by atoms with van der Waals surface area (Å²) in [5.74, 6) is -1.10. The van der Waals surface area contributed by atoms with Crippen LogP contribution in [-0.2, 0) is 11.2 Å². The second-order valence-electron chi connectivity index (χ2n) is 6.26. The number of ether oxygens (including phenoxy) is 1. The highest BCUT2D eigenvalue weighted by molar-refractivity contribution is 5.85. The van der Waals surface area contributed by atoms with Crippen molar-refractivity contribution in [3.8, 4) is 5.75 Å². The minimum Gasteiger partial charge on any atom is -0.496 e. The predicted octanol–water partition coefficient (Wildman–Crippen LogP) is 3.50. The van der Waals surface area contributed by atoms with Crippen molar-refractivity contribution in [3.63, 3.8) is 0 Å². The molecule has 146 valence electrons. The Hall–Kier alpha value is -2.18. The van der Waals surface area contributed by atoms with Crippen LogP contribution in [0.3, 0.4) is 0 Å². The van der Waals surface area contributed by atoms with Crippen LogP contribution in [0.4, 0.5) is 8.78 Å². The maximum absolute atomic E-state index is 13.8. The molecule has 3 rings (SSSR count). The van der Waals surface area contributed by atoms with Crippen molar-refractivity contribution in [2.24, 2.45) is 0 Å². The molecule has 0 saturated carbocycles. The van der Waals surface area contributed by atoms with Crippen LogP contribution >= 0.6 is 12.4 Å². The van der Waals surface area contributed by atoms with E-state index in [1.54, 1.807) is 12.0 Å². The fraction of sp³-hybridized carbons (Fsp3) is 0.350. The van der Waals surface area contributed by atoms with Crippen LogP contribution in [0.5, 0.6) is 5.75 Å². The molecule has 2 aromatic rings. The molecule has 27 heavy (non-hydrogen) atoms. The maximum Gasteiger partial charge on any atom is 0.223 e. The number of hydrogen-bond acceptors (Lipinski definition) is 3. The van der Waals surface area contributed by atoms with Gasteiger partial charge in [-0.05, 0) is 24.1 Å². The molecule has 1 saturated heterocycles. The number of amides is 1. The van der Waals surface area contributed by atoms with Gasteiger partial charge < -0.3 is 15.0 Å². The molecular weight excluding hydrogens is 374 g/mol. The van der Waals surface area contributed by atoms with Crippen molar-refractivity contribution in [3.05, 3.63) is 65.2 Å². The molecule has 1 aliphatic rings. The number of benzene rings is 2. The summed E-state index contributed by atoms with van der Waals surface area (Å²) in [5.41, 5.74) is 1.16. The summed E-state index contributed by atoms with van der Waals surface area (Å²) in [6.07, 6.45) is 0.303. The van der Waals surface area contributed by atoms with Gasteiger partial charge in [-0.25, -0.2) is 8.78 Å². The van der Waals surface area contributed by atoms with Crippen LogP contribution in [0.1, 0.15) is 23.6 Å². The molecule has 1 unspecified atom stereocenters. The number of halogens is 3. The minimum atomic E-state index is -0.885. The number of rotatable bonds is 5. The Kier molecular flexibility index (Phi) is 7.56. The number of aryl methyl sites for hydroxylation is 1. The first-order valence-electron chi connectivity index (χ1n) is 8.67. The molecule has 1 N–H and O–H groups in total. The predicted molar refractivity (Wildman–Crippen MR) is 102 cm³/mol. The topological polar surface area (TPSA) is 41.6 Å². The van der Waals surface area contributed by atoms with Crippen molar-refractivity contribution in [2.45, 2.75) is 18.9 Å². The van der Waals surface area contributed by atoms with E-state index in [0.29, 0.717) is 19.6 Å². The monoisotopic (exact) mass is 396 g/mol. The van der Waals surface area contributed by atoms with E-state index in [-0.39, 0.29) is 42.8 Å². The third-order valence-corrected chi connectivity index (χ3v) is 4.70. The van der Waals surface area contributed by atoms with Gasteiger partial charge in [0, 0.05) is 31.6 Å². The highest BCUT2D eigenvalue weighted by Crippen LogP contribution is 2.30. The van der Waals surface area contributed by atoms with E-state index < -0.39 is 11.6 Å². The van der Waals surface area contributed by atoms with Crippen molar-refractivity contribution in [1.82, 2.24) is 10.2 Å². The van der Waals surface area contributed by atoms with E-state index in [4.69, 9.17) is 4.74 Å². The fourth-order valence-electron chi connectivity index (χ4n) is 3.35. The number of methoxy groups -OCH3 is 1. The van der Waals surface area contributed by atoms with Crippen molar-refractivity contribution in [2.75, 3.05) is 26.7 Å². The molecule has 0 bridgehead atoms. The summed E-state index contributed by atoms with van der Waals surface area (Å²) in [4.78, 5) is 14.6. The zero-order chi connectivity index (χ0) is 18.5. The van der Waals surface area contributed by atoms with Gasteiger partial charge in [0.1, 0.15) is 5.75 Å². The quantitative estimate of drug-likeness (QED) is 0.841. The van der Waals surface area contributed by atoms with Gasteiger partial charge in [-0.2, -0.15) is 0 Å². The number of carbonyl (C=O) groups excluding carboxylic acids is 1. The van der Waals surface area contributed by atoms with Crippen molar-refractivity contribution < 1.29 is 18.3 Å². The van der Waals surface area contributed by atoms with Gasteiger partial charge in [-0.1, -0.05) is 30.3 Å². The Morgan fingerprint density at radius 3 is 2.78 bits per heavy atom. The zero-order valence-corrected chi connectivity index (χ0v) is 15.9. The van der Waals surface area contributed by atoms with Crippen LogP contribution in [0.25, 0.3) is 0 Å². The van der Waals surface area contributed by atoms with E-state index >= 15 is 0 Å². The number of para-hydroxylation sites is 1. The van der Waals surface area contributed by atoms with Crippen molar-refractivity contribution >= 4 is 18.3 Å². The van der Waals surface area contributed by atoms with Crippen LogP contribution < -0.4 is 10.1 Å². The average Bonchev–Trinajstić information content (AvgIpc) is 2.69. The average molecular weight is 397 g/mol. The first-order valence-corrected chi connectivity index (χ1v) is 8.67. The Morgan fingerprint density at radius 1 is 1.22 bits per heavy atom. The van der Waals surface area contributed by atoms with Crippen LogP contribution in [0, 0.1) is 11.6 Å². The lowest BCUT2D eigenvalue weighted by molar-refractivity contribution is -0.134. The van der Waals surface area contributed by atoms with E-state index in [0.717, 1.165) is 17.4 Å². The van der Waals surface area contributed by atoms with Gasteiger partial charge in [0.15, 0.2) is 11.6 Å². The molecule has 1 amide bonds. The summed E-state index contributed by atoms with van der Waals surface area (Å²) in [6, 6.07) is 11.5. The van der Waals surface area contributed by atoms with Gasteiger partial charge in [0.05, 0.1) is 13.2 Å². The molecule has 4 nitrogen and oxygen atoms in total. The van der Waals surface area contributed by atoms with Crippen LogP contribution in [0.2, 0.25) is 0 Å².